The Labute approximate surface area is 179 Å². The maximum Gasteiger partial charge on any atom is 0.261 e. The molecule has 1 atom stereocenters. The van der Waals surface area contributed by atoms with Crippen LogP contribution >= 0.6 is 0 Å². The Bertz CT molecular complexity index is 1320. The molecule has 7 heteroatoms. The summed E-state index contributed by atoms with van der Waals surface area (Å²) in [5, 5.41) is 20.1. The summed E-state index contributed by atoms with van der Waals surface area (Å²) in [4.78, 5) is 25.1. The molecular formula is C24H23N5O2. The molecule has 0 aliphatic heterocycles. The van der Waals surface area contributed by atoms with Gasteiger partial charge in [0.1, 0.15) is 17.6 Å². The van der Waals surface area contributed by atoms with Crippen LogP contribution in [0, 0.1) is 11.3 Å². The zero-order valence-electron chi connectivity index (χ0n) is 17.4. The van der Waals surface area contributed by atoms with Crippen LogP contribution in [0.1, 0.15) is 23.6 Å². The first-order valence-corrected chi connectivity index (χ1v) is 10.1. The standard InChI is InChI=1S/C24H23N5O2/c1-3-17-11-16(14-25)12-18-22(17)28-23(27-18)21-19(9-10-26-24(21)31)29(2)20(30)13-15-7-5-4-6-8-15/h4-12,20,30H,3,13H2,1-2H3,(H,26,31)(H,27,28). The molecule has 3 N–H and O–H groups in total. The fourth-order valence-corrected chi connectivity index (χ4v) is 3.75. The zero-order chi connectivity index (χ0) is 22.0. The van der Waals surface area contributed by atoms with Crippen LogP contribution in [0.3, 0.4) is 0 Å². The van der Waals surface area contributed by atoms with Crippen molar-refractivity contribution in [1.29, 1.82) is 5.26 Å². The maximum absolute atomic E-state index is 12.8. The quantitative estimate of drug-likeness (QED) is 0.420. The van der Waals surface area contributed by atoms with E-state index in [1.54, 1.807) is 30.3 Å². The number of nitrogens with zero attached hydrogens (tertiary/aromatic N) is 3. The van der Waals surface area contributed by atoms with E-state index in [9.17, 15) is 15.2 Å². The number of hydrogen-bond acceptors (Lipinski definition) is 5. The summed E-state index contributed by atoms with van der Waals surface area (Å²) in [6.07, 6.45) is 1.85. The van der Waals surface area contributed by atoms with Crippen molar-refractivity contribution in [2.75, 3.05) is 11.9 Å². The van der Waals surface area contributed by atoms with E-state index in [-0.39, 0.29) is 5.56 Å². The van der Waals surface area contributed by atoms with Crippen LogP contribution in [0.25, 0.3) is 22.4 Å². The molecule has 156 valence electrons. The minimum Gasteiger partial charge on any atom is -0.373 e. The number of aromatic nitrogens is 3. The molecule has 0 bridgehead atoms. The Kier molecular flexibility index (Phi) is 5.56. The topological polar surface area (TPSA) is 109 Å². The molecule has 1 unspecified atom stereocenters. The van der Waals surface area contributed by atoms with Crippen LogP contribution in [0.15, 0.2) is 59.5 Å². The van der Waals surface area contributed by atoms with Crippen LogP contribution in [0.4, 0.5) is 5.69 Å². The van der Waals surface area contributed by atoms with Gasteiger partial charge < -0.3 is 20.0 Å². The van der Waals surface area contributed by atoms with Crippen molar-refractivity contribution in [3.8, 4) is 17.5 Å². The molecule has 2 heterocycles. The van der Waals surface area contributed by atoms with Crippen molar-refractivity contribution in [3.63, 3.8) is 0 Å². The van der Waals surface area contributed by atoms with Crippen molar-refractivity contribution < 1.29 is 5.11 Å². The van der Waals surface area contributed by atoms with Gasteiger partial charge in [0.25, 0.3) is 5.56 Å². The third-order valence-corrected chi connectivity index (χ3v) is 5.44. The summed E-state index contributed by atoms with van der Waals surface area (Å²) >= 11 is 0. The number of fused-ring (bicyclic) bond motifs is 1. The first-order valence-electron chi connectivity index (χ1n) is 10.1. The highest BCUT2D eigenvalue weighted by molar-refractivity contribution is 5.86. The number of aromatic amines is 2. The lowest BCUT2D eigenvalue weighted by molar-refractivity contribution is 0.175. The van der Waals surface area contributed by atoms with Crippen LogP contribution < -0.4 is 10.5 Å². The van der Waals surface area contributed by atoms with Gasteiger partial charge >= 0.3 is 0 Å². The summed E-state index contributed by atoms with van der Waals surface area (Å²) in [6, 6.07) is 17.2. The van der Waals surface area contributed by atoms with Gasteiger partial charge in [0.05, 0.1) is 28.4 Å². The number of aliphatic hydroxyl groups is 1. The number of aliphatic hydroxyl groups excluding tert-OH is 1. The number of benzene rings is 2. The number of anilines is 1. The molecule has 7 nitrogen and oxygen atoms in total. The highest BCUT2D eigenvalue weighted by Crippen LogP contribution is 2.29. The van der Waals surface area contributed by atoms with Crippen molar-refractivity contribution >= 4 is 16.7 Å². The Morgan fingerprint density at radius 2 is 2.00 bits per heavy atom. The number of rotatable bonds is 6. The largest absolute Gasteiger partial charge is 0.373 e. The van der Waals surface area contributed by atoms with E-state index in [4.69, 9.17) is 0 Å². The van der Waals surface area contributed by atoms with Crippen LogP contribution in [-0.2, 0) is 12.8 Å². The average molecular weight is 413 g/mol. The van der Waals surface area contributed by atoms with Crippen molar-refractivity contribution in [3.05, 3.63) is 81.8 Å². The van der Waals surface area contributed by atoms with Gasteiger partial charge in [-0.2, -0.15) is 5.26 Å². The van der Waals surface area contributed by atoms with Gasteiger partial charge in [-0.25, -0.2) is 4.98 Å². The second-order valence-electron chi connectivity index (χ2n) is 7.43. The fraction of sp³-hybridized carbons (Fsp3) is 0.208. The Morgan fingerprint density at radius 1 is 1.23 bits per heavy atom. The molecule has 0 amide bonds. The van der Waals surface area contributed by atoms with E-state index in [0.717, 1.165) is 16.6 Å². The Morgan fingerprint density at radius 3 is 2.71 bits per heavy atom. The minimum atomic E-state index is -0.830. The number of imidazole rings is 1. The van der Waals surface area contributed by atoms with Crippen LogP contribution in [0.5, 0.6) is 0 Å². The molecule has 4 aromatic rings. The average Bonchev–Trinajstić information content (AvgIpc) is 3.21. The summed E-state index contributed by atoms with van der Waals surface area (Å²) in [5.74, 6) is 0.399. The monoisotopic (exact) mass is 413 g/mol. The van der Waals surface area contributed by atoms with Gasteiger partial charge in [-0.15, -0.1) is 0 Å². The van der Waals surface area contributed by atoms with Gasteiger partial charge in [-0.1, -0.05) is 37.3 Å². The predicted molar refractivity (Wildman–Crippen MR) is 121 cm³/mol. The van der Waals surface area contributed by atoms with E-state index >= 15 is 0 Å². The van der Waals surface area contributed by atoms with Crippen LogP contribution in [-0.4, -0.2) is 33.3 Å². The number of likely N-dealkylation sites (N-methyl/N-ethyl adjacent to an activating group) is 1. The highest BCUT2D eigenvalue weighted by Gasteiger charge is 2.21. The van der Waals surface area contributed by atoms with Crippen LogP contribution in [0.2, 0.25) is 0 Å². The molecule has 0 aliphatic carbocycles. The molecule has 4 rings (SSSR count). The first-order chi connectivity index (χ1) is 15.0. The number of nitriles is 1. The molecule has 0 spiro atoms. The van der Waals surface area contributed by atoms with Crippen molar-refractivity contribution in [2.24, 2.45) is 0 Å². The van der Waals surface area contributed by atoms with E-state index in [0.29, 0.717) is 41.0 Å². The summed E-state index contributed by atoms with van der Waals surface area (Å²) < 4.78 is 0. The van der Waals surface area contributed by atoms with Gasteiger partial charge in [-0.3, -0.25) is 4.79 Å². The number of hydrogen-bond donors (Lipinski definition) is 3. The summed E-state index contributed by atoms with van der Waals surface area (Å²) in [7, 11) is 1.75. The molecule has 31 heavy (non-hydrogen) atoms. The number of nitrogens with one attached hydrogen (secondary N) is 2. The number of pyridine rings is 1. The molecular weight excluding hydrogens is 390 g/mol. The molecule has 0 aliphatic rings. The van der Waals surface area contributed by atoms with Gasteiger partial charge in [0.15, 0.2) is 0 Å². The maximum atomic E-state index is 12.8. The number of H-pyrrole nitrogens is 2. The molecule has 0 radical (unpaired) electrons. The van der Waals surface area contributed by atoms with Gasteiger partial charge in [0, 0.05) is 19.7 Å². The highest BCUT2D eigenvalue weighted by atomic mass is 16.3. The van der Waals surface area contributed by atoms with Crippen molar-refractivity contribution in [1.82, 2.24) is 15.0 Å². The lowest BCUT2D eigenvalue weighted by Crippen LogP contribution is -2.34. The van der Waals surface area contributed by atoms with E-state index < -0.39 is 6.23 Å². The Balaban J connectivity index is 1.78. The molecule has 0 fully saturated rings. The third kappa shape index (κ3) is 3.93. The predicted octanol–water partition coefficient (Wildman–Crippen LogP) is 3.35. The Hall–Kier alpha value is -3.89. The molecule has 0 saturated heterocycles. The van der Waals surface area contributed by atoms with Gasteiger partial charge in [0.2, 0.25) is 0 Å². The van der Waals surface area contributed by atoms with Gasteiger partial charge in [-0.05, 0) is 35.7 Å². The fourth-order valence-electron chi connectivity index (χ4n) is 3.75. The van der Waals surface area contributed by atoms with E-state index in [1.165, 1.54) is 0 Å². The zero-order valence-corrected chi connectivity index (χ0v) is 17.4. The molecule has 2 aromatic heterocycles. The lowest BCUT2D eigenvalue weighted by atomic mass is 10.1. The smallest absolute Gasteiger partial charge is 0.261 e. The molecule has 2 aromatic carbocycles. The summed E-state index contributed by atoms with van der Waals surface area (Å²) in [5.41, 5.74) is 4.49. The second-order valence-corrected chi connectivity index (χ2v) is 7.43. The lowest BCUT2D eigenvalue weighted by Gasteiger charge is -2.27. The van der Waals surface area contributed by atoms with Crippen molar-refractivity contribution in [2.45, 2.75) is 26.0 Å². The second kappa shape index (κ2) is 8.46. The molecule has 0 saturated carbocycles. The summed E-state index contributed by atoms with van der Waals surface area (Å²) in [6.45, 7) is 2.00. The first kappa shape index (κ1) is 20.4. The number of aryl methyl sites for hydroxylation is 1. The normalized spacial score (nSPS) is 11.9. The van der Waals surface area contributed by atoms with E-state index in [1.807, 2.05) is 43.3 Å². The third-order valence-electron chi connectivity index (χ3n) is 5.44. The minimum absolute atomic E-state index is 0.311. The SMILES string of the molecule is CCc1cc(C#N)cc2[nH]c(-c3c(N(C)C(O)Cc4ccccc4)cc[nH]c3=O)nc12. The van der Waals surface area contributed by atoms with E-state index in [2.05, 4.69) is 21.0 Å².